The second kappa shape index (κ2) is 28.9. The van der Waals surface area contributed by atoms with E-state index in [4.69, 9.17) is 23.7 Å². The Morgan fingerprint density at radius 2 is 0.959 bits per heavy atom. The summed E-state index contributed by atoms with van der Waals surface area (Å²) in [6.45, 7) is 11.7. The number of benzene rings is 8. The van der Waals surface area contributed by atoms with Gasteiger partial charge in [0.1, 0.15) is 30.1 Å². The summed E-state index contributed by atoms with van der Waals surface area (Å²) in [6, 6.07) is 65.5. The maximum Gasteiger partial charge on any atom is 0.176 e. The molecule has 0 amide bonds. The minimum absolute atomic E-state index is 0.0519. The van der Waals surface area contributed by atoms with Gasteiger partial charge in [-0.15, -0.1) is 0 Å². The molecule has 0 saturated carbocycles. The van der Waals surface area contributed by atoms with E-state index in [2.05, 4.69) is 151 Å². The number of sulfone groups is 1. The Balaban J connectivity index is 0.000000126. The number of nitrogens with one attached hydrogen (secondary N) is 3. The summed E-state index contributed by atoms with van der Waals surface area (Å²) in [4.78, 5) is 18.4. The molecule has 19 heteroatoms. The van der Waals surface area contributed by atoms with Crippen LogP contribution in [-0.2, 0) is 39.6 Å². The monoisotopic (exact) mass is 1340 g/mol. The van der Waals surface area contributed by atoms with Gasteiger partial charge in [0.15, 0.2) is 9.84 Å². The van der Waals surface area contributed by atoms with Crippen LogP contribution >= 0.6 is 0 Å². The van der Waals surface area contributed by atoms with E-state index in [1.54, 1.807) is 24.5 Å². The molecule has 1 unspecified atom stereocenters. The lowest BCUT2D eigenvalue weighted by Gasteiger charge is -2.34. The molecule has 3 aromatic heterocycles. The van der Waals surface area contributed by atoms with Crippen LogP contribution in [-0.4, -0.2) is 149 Å². The van der Waals surface area contributed by atoms with Gasteiger partial charge in [-0.25, -0.2) is 8.42 Å². The number of hydrogen-bond donors (Lipinski definition) is 3. The molecule has 5 aliphatic rings. The summed E-state index contributed by atoms with van der Waals surface area (Å²) < 4.78 is 63.7. The maximum absolute atomic E-state index is 12.0. The van der Waals surface area contributed by atoms with Crippen molar-refractivity contribution in [3.05, 3.63) is 204 Å². The molecule has 0 spiro atoms. The van der Waals surface area contributed by atoms with Crippen molar-refractivity contribution in [2.45, 2.75) is 34.8 Å². The molecule has 5 aliphatic heterocycles. The highest BCUT2D eigenvalue weighted by Gasteiger charge is 2.30. The van der Waals surface area contributed by atoms with Crippen LogP contribution in [0.4, 0.5) is 11.4 Å². The predicted molar refractivity (Wildman–Crippen MR) is 386 cm³/mol. The number of rotatable bonds is 13. The standard InChI is InChI=1S/C27H27N3O3.C26H23N3O3S.C26H23N3O2S/c28-14-20-12-18(4-5-27(20)33-22-7-10-31-11-8-22)23-2-1-3-25-24(23)13-26(29-25)19-6-9-30(15-19)21-16-32-17-21;1-33(30,31)26-10-7-19(15-20(26)17-27)22-3-2-4-24-23(22)16-25(28-24)18-5-8-21(9-6-18)29-11-13-32-14-12-29;1-32(30)26-10-7-19(15-20(26)17-27)22-3-2-4-24-23(22)16-25(28-24)18-5-8-21(9-6-18)29-11-13-31-14-12-29/h1-6,12-13,21-22,29H,7-11,15-17H2;2-10,15-16,28H,11-14H2,1H3;2-10,15-16,28H,11-14H2,1H3. The minimum Gasteiger partial charge on any atom is -0.489 e. The summed E-state index contributed by atoms with van der Waals surface area (Å²) in [7, 11) is -4.67. The Hall–Kier alpha value is -10.1. The van der Waals surface area contributed by atoms with E-state index in [-0.39, 0.29) is 16.6 Å². The Morgan fingerprint density at radius 3 is 1.44 bits per heavy atom. The van der Waals surface area contributed by atoms with Gasteiger partial charge < -0.3 is 48.4 Å². The number of nitriles is 3. The topological polar surface area (TPSA) is 226 Å². The van der Waals surface area contributed by atoms with Gasteiger partial charge in [0.25, 0.3) is 0 Å². The van der Waals surface area contributed by atoms with Crippen molar-refractivity contribution < 1.29 is 36.3 Å². The second-order valence-corrected chi connectivity index (χ2v) is 28.4. The van der Waals surface area contributed by atoms with E-state index in [0.717, 1.165) is 181 Å². The third kappa shape index (κ3) is 14.0. The number of aromatic nitrogens is 3. The first-order valence-electron chi connectivity index (χ1n) is 33.0. The molecule has 98 heavy (non-hydrogen) atoms. The van der Waals surface area contributed by atoms with Gasteiger partial charge >= 0.3 is 0 Å². The Labute approximate surface area is 572 Å². The number of fused-ring (bicyclic) bond motifs is 3. The van der Waals surface area contributed by atoms with E-state index < -0.39 is 20.6 Å². The zero-order chi connectivity index (χ0) is 67.3. The van der Waals surface area contributed by atoms with Gasteiger partial charge in [-0.3, -0.25) is 9.11 Å². The first kappa shape index (κ1) is 65.2. The van der Waals surface area contributed by atoms with Gasteiger partial charge in [-0.2, -0.15) is 15.8 Å². The molecular weight excluding hydrogens is 1270 g/mol. The minimum atomic E-state index is -3.47. The molecule has 8 aromatic carbocycles. The van der Waals surface area contributed by atoms with E-state index in [0.29, 0.717) is 41.0 Å². The maximum atomic E-state index is 12.0. The average Bonchev–Trinajstić information content (AvgIpc) is 1.57. The Bertz CT molecular complexity index is 5070. The second-order valence-electron chi connectivity index (χ2n) is 25.1. The first-order valence-corrected chi connectivity index (χ1v) is 36.5. The fraction of sp³-hybridized carbons (Fsp3) is 0.253. The average molecular weight is 1340 g/mol. The third-order valence-electron chi connectivity index (χ3n) is 18.9. The lowest BCUT2D eigenvalue weighted by atomic mass is 9.99. The lowest BCUT2D eigenvalue weighted by Crippen LogP contribution is -2.47. The van der Waals surface area contributed by atoms with Crippen LogP contribution in [0.2, 0.25) is 0 Å². The van der Waals surface area contributed by atoms with E-state index >= 15 is 0 Å². The van der Waals surface area contributed by atoms with E-state index in [1.165, 1.54) is 34.1 Å². The van der Waals surface area contributed by atoms with Crippen LogP contribution in [0, 0.1) is 34.0 Å². The highest BCUT2D eigenvalue weighted by molar-refractivity contribution is 7.90. The number of nitrogens with zero attached hydrogens (tertiary/aromatic N) is 6. The van der Waals surface area contributed by atoms with Crippen LogP contribution in [0.5, 0.6) is 5.75 Å². The van der Waals surface area contributed by atoms with Gasteiger partial charge in [0, 0.05) is 126 Å². The van der Waals surface area contributed by atoms with Crippen LogP contribution in [0.1, 0.15) is 35.2 Å². The van der Waals surface area contributed by atoms with Crippen molar-refractivity contribution in [1.82, 2.24) is 19.9 Å². The highest BCUT2D eigenvalue weighted by atomic mass is 32.2. The molecule has 0 radical (unpaired) electrons. The number of ether oxygens (including phenoxy) is 5. The molecule has 3 N–H and O–H groups in total. The quantitative estimate of drug-likeness (QED) is 0.0976. The summed E-state index contributed by atoms with van der Waals surface area (Å²) in [5, 5.41) is 32.1. The largest absolute Gasteiger partial charge is 0.489 e. The van der Waals surface area contributed by atoms with Crippen molar-refractivity contribution >= 4 is 70.3 Å². The van der Waals surface area contributed by atoms with Crippen LogP contribution in [0.3, 0.4) is 0 Å². The van der Waals surface area contributed by atoms with E-state index in [9.17, 15) is 28.4 Å². The molecule has 494 valence electrons. The van der Waals surface area contributed by atoms with Gasteiger partial charge in [-0.1, -0.05) is 84.9 Å². The van der Waals surface area contributed by atoms with Gasteiger partial charge in [-0.05, 0) is 147 Å². The van der Waals surface area contributed by atoms with Crippen LogP contribution in [0.25, 0.3) is 94.2 Å². The number of H-pyrrole nitrogens is 3. The Morgan fingerprint density at radius 1 is 0.510 bits per heavy atom. The van der Waals surface area contributed by atoms with Gasteiger partial charge in [0.2, 0.25) is 0 Å². The summed E-state index contributed by atoms with van der Waals surface area (Å²) >= 11 is 0. The lowest BCUT2D eigenvalue weighted by molar-refractivity contribution is -0.0547. The van der Waals surface area contributed by atoms with Crippen LogP contribution in [0.15, 0.2) is 192 Å². The number of morpholine rings is 2. The fourth-order valence-corrected chi connectivity index (χ4v) is 15.0. The van der Waals surface area contributed by atoms with Crippen molar-refractivity contribution in [3.63, 3.8) is 0 Å². The molecule has 11 aromatic rings. The number of aromatic amines is 3. The molecule has 1 atom stereocenters. The summed E-state index contributed by atoms with van der Waals surface area (Å²) in [5.41, 5.74) is 19.3. The molecule has 16 rings (SSSR count). The first-order chi connectivity index (χ1) is 47.9. The van der Waals surface area contributed by atoms with Crippen molar-refractivity contribution in [1.29, 1.82) is 15.8 Å². The van der Waals surface area contributed by atoms with Crippen molar-refractivity contribution in [2.75, 3.05) is 114 Å². The molecule has 4 saturated heterocycles. The molecular formula is C79H73N9O8S2. The fourth-order valence-electron chi connectivity index (χ4n) is 13.5. The summed E-state index contributed by atoms with van der Waals surface area (Å²) in [6.07, 6.45) is 6.86. The number of hydrogen-bond acceptors (Lipinski definition) is 14. The molecule has 0 bridgehead atoms. The predicted octanol–water partition coefficient (Wildman–Crippen LogP) is 13.9. The number of anilines is 2. The van der Waals surface area contributed by atoms with Crippen molar-refractivity contribution in [2.24, 2.45) is 0 Å². The van der Waals surface area contributed by atoms with Crippen molar-refractivity contribution in [3.8, 4) is 79.9 Å². The van der Waals surface area contributed by atoms with Crippen LogP contribution < -0.4 is 14.5 Å². The SMILES string of the molecule is CS(=O)(=O)c1ccc(-c2cccc3[nH]c(-c4ccc(N5CCOCC5)cc4)cc23)cc1C#N.CS(=O)c1ccc(-c2cccc3[nH]c(-c4ccc(N5CCOCC5)cc4)cc23)cc1C#N.N#Cc1cc(-c2cccc3[nH]c(C4=CCN(C5COC5)C4)cc23)ccc1OC1CCOCC1. The molecule has 8 heterocycles. The zero-order valence-electron chi connectivity index (χ0n) is 54.6. The Kier molecular flexibility index (Phi) is 19.2. The normalized spacial score (nSPS) is 16.4. The highest BCUT2D eigenvalue weighted by Crippen LogP contribution is 2.39. The smallest absolute Gasteiger partial charge is 0.176 e. The summed E-state index contributed by atoms with van der Waals surface area (Å²) in [5.74, 6) is 0.659. The zero-order valence-corrected chi connectivity index (χ0v) is 56.2. The molecule has 4 fully saturated rings. The van der Waals surface area contributed by atoms with E-state index in [1.807, 2.05) is 54.6 Å². The molecule has 17 nitrogen and oxygen atoms in total. The van der Waals surface area contributed by atoms with Gasteiger partial charge in [0.05, 0.1) is 96.2 Å². The third-order valence-corrected chi connectivity index (χ3v) is 21.1. The molecule has 0 aliphatic carbocycles.